The number of aromatic hydroxyl groups is 1. The summed E-state index contributed by atoms with van der Waals surface area (Å²) in [7, 11) is 0. The Morgan fingerprint density at radius 1 is 1.44 bits per heavy atom. The second-order valence-corrected chi connectivity index (χ2v) is 4.53. The van der Waals surface area contributed by atoms with Gasteiger partial charge in [0.2, 0.25) is 0 Å². The maximum Gasteiger partial charge on any atom is 0.291 e. The van der Waals surface area contributed by atoms with Crippen LogP contribution in [0.25, 0.3) is 0 Å². The van der Waals surface area contributed by atoms with E-state index in [1.54, 1.807) is 0 Å². The Morgan fingerprint density at radius 2 is 2.17 bits per heavy atom. The van der Waals surface area contributed by atoms with Crippen molar-refractivity contribution < 1.29 is 18.7 Å². The number of phenols is 1. The summed E-state index contributed by atoms with van der Waals surface area (Å²) >= 11 is 8.67. The summed E-state index contributed by atoms with van der Waals surface area (Å²) in [6.07, 6.45) is 0. The molecule has 0 saturated heterocycles. The average Bonchev–Trinajstić information content (AvgIpc) is 2.73. The van der Waals surface area contributed by atoms with Gasteiger partial charge in [-0.15, -0.1) is 0 Å². The zero-order valence-electron chi connectivity index (χ0n) is 8.71. The summed E-state index contributed by atoms with van der Waals surface area (Å²) in [5.41, 5.74) is -0.143. The highest BCUT2D eigenvalue weighted by Gasteiger charge is 2.14. The van der Waals surface area contributed by atoms with Crippen LogP contribution in [0, 0.1) is 5.82 Å². The lowest BCUT2D eigenvalue weighted by Crippen LogP contribution is -2.12. The Morgan fingerprint density at radius 3 is 2.78 bits per heavy atom. The fraction of sp³-hybridized carbons (Fsp3) is 0. The second-order valence-electron chi connectivity index (χ2n) is 3.34. The van der Waals surface area contributed by atoms with Crippen LogP contribution in [-0.2, 0) is 0 Å². The molecule has 2 N–H and O–H groups in total. The lowest BCUT2D eigenvalue weighted by atomic mass is 10.2. The number of anilines is 1. The van der Waals surface area contributed by atoms with Crippen LogP contribution in [0.15, 0.2) is 33.4 Å². The molecule has 18 heavy (non-hydrogen) atoms. The average molecular weight is 335 g/mol. The third-order valence-electron chi connectivity index (χ3n) is 2.08. The van der Waals surface area contributed by atoms with Gasteiger partial charge in [0.15, 0.2) is 16.2 Å². The third-order valence-corrected chi connectivity index (χ3v) is 2.81. The Bertz CT molecular complexity index is 614. The van der Waals surface area contributed by atoms with Crippen LogP contribution in [0.1, 0.15) is 10.6 Å². The molecule has 0 aliphatic heterocycles. The normalized spacial score (nSPS) is 10.4. The van der Waals surface area contributed by atoms with Gasteiger partial charge in [0.05, 0.1) is 10.7 Å². The predicted octanol–water partition coefficient (Wildman–Crippen LogP) is 3.79. The number of rotatable bonds is 2. The molecule has 0 fully saturated rings. The topological polar surface area (TPSA) is 62.5 Å². The van der Waals surface area contributed by atoms with Crippen LogP contribution in [0.3, 0.4) is 0 Å². The second kappa shape index (κ2) is 4.99. The van der Waals surface area contributed by atoms with Crippen molar-refractivity contribution in [1.29, 1.82) is 0 Å². The van der Waals surface area contributed by atoms with E-state index in [0.29, 0.717) is 4.67 Å². The Hall–Kier alpha value is -1.53. The van der Waals surface area contributed by atoms with Crippen molar-refractivity contribution in [2.75, 3.05) is 5.32 Å². The van der Waals surface area contributed by atoms with Gasteiger partial charge < -0.3 is 14.8 Å². The van der Waals surface area contributed by atoms with Gasteiger partial charge in [-0.1, -0.05) is 11.6 Å². The number of amides is 1. The van der Waals surface area contributed by atoms with E-state index in [1.807, 2.05) is 0 Å². The van der Waals surface area contributed by atoms with E-state index in [2.05, 4.69) is 21.2 Å². The van der Waals surface area contributed by atoms with E-state index in [-0.39, 0.29) is 16.5 Å². The third kappa shape index (κ3) is 2.65. The number of carbonyl (C=O) groups excluding carboxylic acids is 1. The molecule has 2 aromatic rings. The molecule has 0 radical (unpaired) electrons. The number of hydrogen-bond acceptors (Lipinski definition) is 3. The fourth-order valence-corrected chi connectivity index (χ4v) is 1.72. The monoisotopic (exact) mass is 333 g/mol. The van der Waals surface area contributed by atoms with E-state index >= 15 is 0 Å². The van der Waals surface area contributed by atoms with Gasteiger partial charge in [-0.3, -0.25) is 4.79 Å². The highest BCUT2D eigenvalue weighted by molar-refractivity contribution is 9.10. The van der Waals surface area contributed by atoms with E-state index < -0.39 is 17.5 Å². The van der Waals surface area contributed by atoms with Gasteiger partial charge in [-0.25, -0.2) is 4.39 Å². The molecule has 1 heterocycles. The summed E-state index contributed by atoms with van der Waals surface area (Å²) in [5.74, 6) is -1.80. The van der Waals surface area contributed by atoms with Crippen molar-refractivity contribution in [2.24, 2.45) is 0 Å². The van der Waals surface area contributed by atoms with Crippen LogP contribution in [0.5, 0.6) is 5.75 Å². The SMILES string of the molecule is O=C(Nc1cc(Cl)c(O)cc1F)c1ccc(Br)o1. The van der Waals surface area contributed by atoms with Crippen LogP contribution >= 0.6 is 27.5 Å². The molecule has 1 amide bonds. The summed E-state index contributed by atoms with van der Waals surface area (Å²) < 4.78 is 18.8. The highest BCUT2D eigenvalue weighted by Crippen LogP contribution is 2.29. The standard InChI is InChI=1S/C11H6BrClFNO3/c12-10-2-1-9(18-10)11(17)15-7-3-5(13)8(16)4-6(7)14/h1-4,16H,(H,15,17). The molecule has 2 rings (SSSR count). The first-order chi connectivity index (χ1) is 8.47. The van der Waals surface area contributed by atoms with Crippen LogP contribution in [0.2, 0.25) is 5.02 Å². The Kier molecular flexibility index (Phi) is 3.58. The van der Waals surface area contributed by atoms with Gasteiger partial charge in [-0.2, -0.15) is 0 Å². The largest absolute Gasteiger partial charge is 0.506 e. The Labute approximate surface area is 114 Å². The van der Waals surface area contributed by atoms with E-state index in [1.165, 1.54) is 12.1 Å². The molecule has 0 saturated carbocycles. The van der Waals surface area contributed by atoms with Crippen molar-refractivity contribution in [3.63, 3.8) is 0 Å². The molecule has 0 aliphatic rings. The van der Waals surface area contributed by atoms with Gasteiger partial charge in [0.25, 0.3) is 5.91 Å². The number of hydrogen-bond donors (Lipinski definition) is 2. The molecular weight excluding hydrogens is 328 g/mol. The number of carbonyl (C=O) groups is 1. The lowest BCUT2D eigenvalue weighted by Gasteiger charge is -2.06. The van der Waals surface area contributed by atoms with Gasteiger partial charge in [0.1, 0.15) is 5.75 Å². The summed E-state index contributed by atoms with van der Waals surface area (Å²) in [5, 5.41) is 11.4. The summed E-state index contributed by atoms with van der Waals surface area (Å²) in [6, 6.07) is 4.90. The first kappa shape index (κ1) is 12.9. The quantitative estimate of drug-likeness (QED) is 0.821. The maximum atomic E-state index is 13.4. The van der Waals surface area contributed by atoms with Crippen molar-refractivity contribution >= 4 is 39.1 Å². The minimum atomic E-state index is -0.795. The van der Waals surface area contributed by atoms with E-state index in [0.717, 1.165) is 12.1 Å². The van der Waals surface area contributed by atoms with E-state index in [4.69, 9.17) is 21.1 Å². The van der Waals surface area contributed by atoms with E-state index in [9.17, 15) is 9.18 Å². The van der Waals surface area contributed by atoms with Gasteiger partial charge in [-0.05, 0) is 34.1 Å². The zero-order chi connectivity index (χ0) is 13.3. The number of benzene rings is 1. The van der Waals surface area contributed by atoms with Crippen molar-refractivity contribution in [1.82, 2.24) is 0 Å². The molecule has 0 atom stereocenters. The lowest BCUT2D eigenvalue weighted by molar-refractivity contribution is 0.0995. The molecular formula is C11H6BrClFNO3. The number of furan rings is 1. The molecule has 4 nitrogen and oxygen atoms in total. The van der Waals surface area contributed by atoms with Gasteiger partial charge in [0, 0.05) is 6.07 Å². The number of phenolic OH excluding ortho intramolecular Hbond substituents is 1. The van der Waals surface area contributed by atoms with Gasteiger partial charge >= 0.3 is 0 Å². The molecule has 94 valence electrons. The van der Waals surface area contributed by atoms with Crippen molar-refractivity contribution in [3.05, 3.63) is 45.5 Å². The molecule has 0 bridgehead atoms. The molecule has 0 spiro atoms. The van der Waals surface area contributed by atoms with Crippen LogP contribution in [0.4, 0.5) is 10.1 Å². The van der Waals surface area contributed by atoms with Crippen molar-refractivity contribution in [2.45, 2.75) is 0 Å². The fourth-order valence-electron chi connectivity index (χ4n) is 1.25. The maximum absolute atomic E-state index is 13.4. The number of halogens is 3. The first-order valence-electron chi connectivity index (χ1n) is 4.72. The summed E-state index contributed by atoms with van der Waals surface area (Å²) in [6.45, 7) is 0. The summed E-state index contributed by atoms with van der Waals surface area (Å²) in [4.78, 5) is 11.7. The minimum absolute atomic E-state index is 0.0190. The molecule has 0 aliphatic carbocycles. The Balaban J connectivity index is 2.24. The first-order valence-corrected chi connectivity index (χ1v) is 5.89. The van der Waals surface area contributed by atoms with Crippen molar-refractivity contribution in [3.8, 4) is 5.75 Å². The molecule has 1 aromatic carbocycles. The van der Waals surface area contributed by atoms with Crippen LogP contribution < -0.4 is 5.32 Å². The molecule has 0 unspecified atom stereocenters. The number of nitrogens with one attached hydrogen (secondary N) is 1. The minimum Gasteiger partial charge on any atom is -0.506 e. The molecule has 7 heteroatoms. The smallest absolute Gasteiger partial charge is 0.291 e. The zero-order valence-corrected chi connectivity index (χ0v) is 11.0. The van der Waals surface area contributed by atoms with Crippen LogP contribution in [-0.4, -0.2) is 11.0 Å². The molecule has 1 aromatic heterocycles. The predicted molar refractivity (Wildman–Crippen MR) is 67.4 cm³/mol. The highest BCUT2D eigenvalue weighted by atomic mass is 79.9.